The van der Waals surface area contributed by atoms with Crippen molar-refractivity contribution in [2.45, 2.75) is 6.54 Å². The van der Waals surface area contributed by atoms with Crippen molar-refractivity contribution in [3.05, 3.63) is 69.7 Å². The lowest BCUT2D eigenvalue weighted by molar-refractivity contribution is 0.251. The van der Waals surface area contributed by atoms with Gasteiger partial charge in [-0.2, -0.15) is 0 Å². The summed E-state index contributed by atoms with van der Waals surface area (Å²) < 4.78 is 1.43. The highest BCUT2D eigenvalue weighted by molar-refractivity contribution is 6.30. The topological polar surface area (TPSA) is 76.0 Å². The fourth-order valence-corrected chi connectivity index (χ4v) is 2.51. The van der Waals surface area contributed by atoms with Crippen molar-refractivity contribution in [2.24, 2.45) is 7.05 Å². The fourth-order valence-electron chi connectivity index (χ4n) is 2.32. The molecule has 0 bridgehead atoms. The standard InChI is InChI=1S/C17H15ClN4O2/c1-22-15(21-14-8-3-2-7-13(14)16(22)23)10-19-17(24)20-12-6-4-5-11(18)9-12/h2-9H,10H2,1H3,(H2,19,20,24). The summed E-state index contributed by atoms with van der Waals surface area (Å²) in [6.45, 7) is 0.128. The molecule has 0 fully saturated rings. The number of nitrogens with zero attached hydrogens (tertiary/aromatic N) is 2. The molecule has 2 amide bonds. The van der Waals surface area contributed by atoms with E-state index < -0.39 is 6.03 Å². The summed E-state index contributed by atoms with van der Waals surface area (Å²) in [7, 11) is 1.63. The van der Waals surface area contributed by atoms with Crippen LogP contribution in [0.15, 0.2) is 53.3 Å². The van der Waals surface area contributed by atoms with Crippen molar-refractivity contribution in [1.82, 2.24) is 14.9 Å². The van der Waals surface area contributed by atoms with E-state index in [4.69, 9.17) is 11.6 Å². The molecule has 122 valence electrons. The molecule has 0 saturated carbocycles. The molecule has 7 heteroatoms. The Morgan fingerprint density at radius 3 is 2.79 bits per heavy atom. The Morgan fingerprint density at radius 1 is 1.21 bits per heavy atom. The lowest BCUT2D eigenvalue weighted by Gasteiger charge is -2.11. The first-order valence-electron chi connectivity index (χ1n) is 7.29. The number of hydrogen-bond donors (Lipinski definition) is 2. The Hall–Kier alpha value is -2.86. The minimum absolute atomic E-state index is 0.128. The van der Waals surface area contributed by atoms with Gasteiger partial charge in [-0.25, -0.2) is 9.78 Å². The highest BCUT2D eigenvalue weighted by atomic mass is 35.5. The van der Waals surface area contributed by atoms with Gasteiger partial charge in [-0.05, 0) is 30.3 Å². The van der Waals surface area contributed by atoms with Crippen molar-refractivity contribution in [2.75, 3.05) is 5.32 Å². The van der Waals surface area contributed by atoms with Gasteiger partial charge in [0.15, 0.2) is 0 Å². The van der Waals surface area contributed by atoms with Gasteiger partial charge in [0.05, 0.1) is 17.4 Å². The van der Waals surface area contributed by atoms with Crippen LogP contribution in [-0.2, 0) is 13.6 Å². The van der Waals surface area contributed by atoms with Gasteiger partial charge >= 0.3 is 6.03 Å². The lowest BCUT2D eigenvalue weighted by atomic mass is 10.2. The Morgan fingerprint density at radius 2 is 2.00 bits per heavy atom. The Kier molecular flexibility index (Phi) is 4.48. The number of carbonyl (C=O) groups excluding carboxylic acids is 1. The third kappa shape index (κ3) is 3.38. The lowest BCUT2D eigenvalue weighted by Crippen LogP contribution is -2.32. The Bertz CT molecular complexity index is 968. The zero-order valence-corrected chi connectivity index (χ0v) is 13.7. The summed E-state index contributed by atoms with van der Waals surface area (Å²) in [6.07, 6.45) is 0. The molecule has 0 radical (unpaired) electrons. The average Bonchev–Trinajstić information content (AvgIpc) is 2.57. The van der Waals surface area contributed by atoms with Crippen LogP contribution in [0.2, 0.25) is 5.02 Å². The van der Waals surface area contributed by atoms with Crippen molar-refractivity contribution in [3.8, 4) is 0 Å². The maximum atomic E-state index is 12.3. The summed E-state index contributed by atoms with van der Waals surface area (Å²) >= 11 is 5.88. The predicted molar refractivity (Wildman–Crippen MR) is 94.3 cm³/mol. The van der Waals surface area contributed by atoms with E-state index in [-0.39, 0.29) is 12.1 Å². The van der Waals surface area contributed by atoms with E-state index in [0.29, 0.717) is 27.4 Å². The molecular formula is C17H15ClN4O2. The number of halogens is 1. The van der Waals surface area contributed by atoms with E-state index in [1.807, 2.05) is 6.07 Å². The van der Waals surface area contributed by atoms with Crippen molar-refractivity contribution in [1.29, 1.82) is 0 Å². The van der Waals surface area contributed by atoms with E-state index in [1.165, 1.54) is 4.57 Å². The normalized spacial score (nSPS) is 10.6. The van der Waals surface area contributed by atoms with Crippen LogP contribution >= 0.6 is 11.6 Å². The summed E-state index contributed by atoms with van der Waals surface area (Å²) in [6, 6.07) is 13.5. The smallest absolute Gasteiger partial charge is 0.319 e. The van der Waals surface area contributed by atoms with Gasteiger partial charge in [-0.15, -0.1) is 0 Å². The second-order valence-corrected chi connectivity index (χ2v) is 5.66. The molecule has 3 aromatic rings. The van der Waals surface area contributed by atoms with Crippen LogP contribution in [-0.4, -0.2) is 15.6 Å². The second-order valence-electron chi connectivity index (χ2n) is 5.23. The van der Waals surface area contributed by atoms with E-state index in [0.717, 1.165) is 0 Å². The number of para-hydroxylation sites is 1. The van der Waals surface area contributed by atoms with Gasteiger partial charge in [-0.3, -0.25) is 9.36 Å². The number of amides is 2. The first-order valence-corrected chi connectivity index (χ1v) is 7.67. The third-order valence-corrected chi connectivity index (χ3v) is 3.80. The molecule has 1 aromatic heterocycles. The van der Waals surface area contributed by atoms with Crippen molar-refractivity contribution in [3.63, 3.8) is 0 Å². The molecule has 2 aromatic carbocycles. The van der Waals surface area contributed by atoms with E-state index in [1.54, 1.807) is 49.5 Å². The quantitative estimate of drug-likeness (QED) is 0.768. The van der Waals surface area contributed by atoms with E-state index in [9.17, 15) is 9.59 Å². The van der Waals surface area contributed by atoms with Crippen LogP contribution in [0.5, 0.6) is 0 Å². The number of aromatic nitrogens is 2. The van der Waals surface area contributed by atoms with Gasteiger partial charge in [0, 0.05) is 17.8 Å². The van der Waals surface area contributed by atoms with Gasteiger partial charge in [-0.1, -0.05) is 29.8 Å². The van der Waals surface area contributed by atoms with Crippen molar-refractivity contribution < 1.29 is 4.79 Å². The highest BCUT2D eigenvalue weighted by Gasteiger charge is 2.09. The molecule has 0 aliphatic heterocycles. The van der Waals surface area contributed by atoms with Gasteiger partial charge < -0.3 is 10.6 Å². The number of nitrogens with one attached hydrogen (secondary N) is 2. The molecule has 6 nitrogen and oxygen atoms in total. The van der Waals surface area contributed by atoms with Gasteiger partial charge in [0.1, 0.15) is 5.82 Å². The van der Waals surface area contributed by atoms with E-state index >= 15 is 0 Å². The maximum Gasteiger partial charge on any atom is 0.319 e. The number of fused-ring (bicyclic) bond motifs is 1. The second kappa shape index (κ2) is 6.72. The number of carbonyl (C=O) groups is 1. The monoisotopic (exact) mass is 342 g/mol. The molecule has 0 aliphatic carbocycles. The molecule has 0 spiro atoms. The molecule has 24 heavy (non-hydrogen) atoms. The number of urea groups is 1. The first-order chi connectivity index (χ1) is 11.5. The van der Waals surface area contributed by atoms with Crippen LogP contribution in [0.3, 0.4) is 0 Å². The molecule has 2 N–H and O–H groups in total. The van der Waals surface area contributed by atoms with Crippen molar-refractivity contribution >= 4 is 34.2 Å². The highest BCUT2D eigenvalue weighted by Crippen LogP contribution is 2.14. The molecule has 0 unspecified atom stereocenters. The average molecular weight is 343 g/mol. The van der Waals surface area contributed by atoms with Crippen LogP contribution in [0.25, 0.3) is 10.9 Å². The summed E-state index contributed by atoms with van der Waals surface area (Å²) in [4.78, 5) is 28.7. The Labute approximate surface area is 143 Å². The minimum atomic E-state index is -0.403. The SMILES string of the molecule is Cn1c(CNC(=O)Nc2cccc(Cl)c2)nc2ccccc2c1=O. The van der Waals surface area contributed by atoms with Crippen LogP contribution in [0.4, 0.5) is 10.5 Å². The van der Waals surface area contributed by atoms with Crippen LogP contribution in [0, 0.1) is 0 Å². The number of anilines is 1. The zero-order valence-electron chi connectivity index (χ0n) is 12.9. The molecule has 0 aliphatic rings. The van der Waals surface area contributed by atoms with Gasteiger partial charge in [0.2, 0.25) is 0 Å². The zero-order chi connectivity index (χ0) is 17.1. The van der Waals surface area contributed by atoms with Crippen LogP contribution in [0.1, 0.15) is 5.82 Å². The fraction of sp³-hybridized carbons (Fsp3) is 0.118. The molecular weight excluding hydrogens is 328 g/mol. The number of rotatable bonds is 3. The number of hydrogen-bond acceptors (Lipinski definition) is 3. The van der Waals surface area contributed by atoms with E-state index in [2.05, 4.69) is 15.6 Å². The Balaban J connectivity index is 1.75. The molecule has 3 rings (SSSR count). The number of benzene rings is 2. The molecule has 0 atom stereocenters. The predicted octanol–water partition coefficient (Wildman–Crippen LogP) is 2.91. The first kappa shape index (κ1) is 16.0. The molecule has 0 saturated heterocycles. The van der Waals surface area contributed by atoms with Gasteiger partial charge in [0.25, 0.3) is 5.56 Å². The maximum absolute atomic E-state index is 12.3. The third-order valence-electron chi connectivity index (χ3n) is 3.57. The minimum Gasteiger partial charge on any atom is -0.331 e. The molecule has 1 heterocycles. The summed E-state index contributed by atoms with van der Waals surface area (Å²) in [5.41, 5.74) is 1.04. The van der Waals surface area contributed by atoms with Crippen LogP contribution < -0.4 is 16.2 Å². The summed E-state index contributed by atoms with van der Waals surface area (Å²) in [5.74, 6) is 0.472. The largest absolute Gasteiger partial charge is 0.331 e. The summed E-state index contributed by atoms with van der Waals surface area (Å²) in [5, 5.41) is 6.44.